The predicted octanol–water partition coefficient (Wildman–Crippen LogP) is 6.86. The SMILES string of the molecule is Cc1cccc(NC(=O)C(Sc2ccc(NC(=O)c3ccc(F)cc3)cc2)c2ccccc2)c1. The smallest absolute Gasteiger partial charge is 0.255 e. The molecule has 4 aromatic rings. The van der Waals surface area contributed by atoms with Crippen LogP contribution < -0.4 is 10.6 Å². The van der Waals surface area contributed by atoms with Gasteiger partial charge in [-0.1, -0.05) is 42.5 Å². The van der Waals surface area contributed by atoms with Crippen molar-refractivity contribution in [3.8, 4) is 0 Å². The average molecular weight is 471 g/mol. The van der Waals surface area contributed by atoms with Crippen LogP contribution in [0.15, 0.2) is 108 Å². The maximum absolute atomic E-state index is 13.2. The number of carbonyl (C=O) groups is 2. The van der Waals surface area contributed by atoms with Crippen molar-refractivity contribution >= 4 is 35.0 Å². The van der Waals surface area contributed by atoms with Crippen LogP contribution in [0, 0.1) is 12.7 Å². The van der Waals surface area contributed by atoms with Gasteiger partial charge in [0.1, 0.15) is 11.1 Å². The van der Waals surface area contributed by atoms with Gasteiger partial charge in [0.15, 0.2) is 0 Å². The lowest BCUT2D eigenvalue weighted by atomic mass is 10.1. The minimum absolute atomic E-state index is 0.115. The Morgan fingerprint density at radius 3 is 2.15 bits per heavy atom. The van der Waals surface area contributed by atoms with E-state index in [0.29, 0.717) is 11.3 Å². The van der Waals surface area contributed by atoms with E-state index in [1.807, 2.05) is 73.7 Å². The Hall–Kier alpha value is -3.90. The molecule has 2 N–H and O–H groups in total. The molecule has 0 spiro atoms. The summed E-state index contributed by atoms with van der Waals surface area (Å²) in [6, 6.07) is 30.0. The van der Waals surface area contributed by atoms with Crippen molar-refractivity contribution < 1.29 is 14.0 Å². The van der Waals surface area contributed by atoms with E-state index in [4.69, 9.17) is 0 Å². The number of benzene rings is 4. The van der Waals surface area contributed by atoms with Gasteiger partial charge in [0.2, 0.25) is 5.91 Å². The van der Waals surface area contributed by atoms with Crippen LogP contribution in [-0.2, 0) is 4.79 Å². The van der Waals surface area contributed by atoms with E-state index in [9.17, 15) is 14.0 Å². The summed E-state index contributed by atoms with van der Waals surface area (Å²) in [5.41, 5.74) is 3.70. The lowest BCUT2D eigenvalue weighted by Crippen LogP contribution is -2.19. The molecule has 4 rings (SSSR count). The molecule has 0 heterocycles. The number of amides is 2. The average Bonchev–Trinajstić information content (AvgIpc) is 2.84. The second-order valence-electron chi connectivity index (χ2n) is 7.75. The highest BCUT2D eigenvalue weighted by Gasteiger charge is 2.22. The predicted molar refractivity (Wildman–Crippen MR) is 136 cm³/mol. The lowest BCUT2D eigenvalue weighted by molar-refractivity contribution is -0.115. The molecule has 0 aliphatic rings. The Balaban J connectivity index is 1.48. The van der Waals surface area contributed by atoms with Gasteiger partial charge in [-0.15, -0.1) is 11.8 Å². The third-order valence-corrected chi connectivity index (χ3v) is 6.36. The maximum atomic E-state index is 13.2. The Morgan fingerprint density at radius 2 is 1.47 bits per heavy atom. The summed E-state index contributed by atoms with van der Waals surface area (Å²) < 4.78 is 13.1. The topological polar surface area (TPSA) is 58.2 Å². The lowest BCUT2D eigenvalue weighted by Gasteiger charge is -2.17. The summed E-state index contributed by atoms with van der Waals surface area (Å²) >= 11 is 1.43. The summed E-state index contributed by atoms with van der Waals surface area (Å²) in [5.74, 6) is -0.826. The van der Waals surface area contributed by atoms with Crippen molar-refractivity contribution in [2.75, 3.05) is 10.6 Å². The molecule has 4 aromatic carbocycles. The zero-order chi connectivity index (χ0) is 23.9. The molecule has 4 nitrogen and oxygen atoms in total. The molecule has 0 bridgehead atoms. The minimum Gasteiger partial charge on any atom is -0.325 e. The second kappa shape index (κ2) is 10.8. The number of carbonyl (C=O) groups excluding carboxylic acids is 2. The fraction of sp³-hybridized carbons (Fsp3) is 0.0714. The van der Waals surface area contributed by atoms with E-state index in [1.54, 1.807) is 12.1 Å². The number of hydrogen-bond acceptors (Lipinski definition) is 3. The third-order valence-electron chi connectivity index (χ3n) is 5.10. The molecule has 0 saturated carbocycles. The monoisotopic (exact) mass is 470 g/mol. The van der Waals surface area contributed by atoms with Crippen molar-refractivity contribution in [1.82, 2.24) is 0 Å². The number of thioether (sulfide) groups is 1. The highest BCUT2D eigenvalue weighted by molar-refractivity contribution is 8.00. The zero-order valence-electron chi connectivity index (χ0n) is 18.5. The van der Waals surface area contributed by atoms with Gasteiger partial charge in [-0.05, 0) is 78.7 Å². The second-order valence-corrected chi connectivity index (χ2v) is 8.93. The Morgan fingerprint density at radius 1 is 0.765 bits per heavy atom. The van der Waals surface area contributed by atoms with Crippen LogP contribution in [0.2, 0.25) is 0 Å². The van der Waals surface area contributed by atoms with Crippen molar-refractivity contribution in [1.29, 1.82) is 0 Å². The van der Waals surface area contributed by atoms with Crippen LogP contribution in [0.4, 0.5) is 15.8 Å². The van der Waals surface area contributed by atoms with Crippen LogP contribution in [0.3, 0.4) is 0 Å². The number of hydrogen-bond donors (Lipinski definition) is 2. The van der Waals surface area contributed by atoms with Gasteiger partial charge in [-0.2, -0.15) is 0 Å². The number of aryl methyl sites for hydroxylation is 1. The van der Waals surface area contributed by atoms with Gasteiger partial charge in [-0.25, -0.2) is 4.39 Å². The van der Waals surface area contributed by atoms with Crippen molar-refractivity contribution in [3.63, 3.8) is 0 Å². The fourth-order valence-corrected chi connectivity index (χ4v) is 4.41. The van der Waals surface area contributed by atoms with E-state index >= 15 is 0 Å². The zero-order valence-corrected chi connectivity index (χ0v) is 19.3. The van der Waals surface area contributed by atoms with E-state index in [1.165, 1.54) is 36.0 Å². The normalized spacial score (nSPS) is 11.5. The first-order valence-corrected chi connectivity index (χ1v) is 11.6. The Kier molecular flexibility index (Phi) is 7.40. The van der Waals surface area contributed by atoms with Gasteiger partial charge >= 0.3 is 0 Å². The maximum Gasteiger partial charge on any atom is 0.255 e. The van der Waals surface area contributed by atoms with E-state index < -0.39 is 11.1 Å². The first-order chi connectivity index (χ1) is 16.5. The first-order valence-electron chi connectivity index (χ1n) is 10.7. The molecular formula is C28H23FN2O2S. The third kappa shape index (κ3) is 6.11. The molecule has 0 aliphatic heterocycles. The molecule has 34 heavy (non-hydrogen) atoms. The largest absolute Gasteiger partial charge is 0.325 e. The molecule has 0 saturated heterocycles. The summed E-state index contributed by atoms with van der Waals surface area (Å²) in [6.45, 7) is 1.98. The van der Waals surface area contributed by atoms with Crippen LogP contribution in [-0.4, -0.2) is 11.8 Å². The van der Waals surface area contributed by atoms with Crippen molar-refractivity contribution in [2.24, 2.45) is 0 Å². The molecule has 170 valence electrons. The van der Waals surface area contributed by atoms with Gasteiger partial charge in [0.05, 0.1) is 0 Å². The number of halogens is 1. The summed E-state index contributed by atoms with van der Waals surface area (Å²) in [5, 5.41) is 5.36. The summed E-state index contributed by atoms with van der Waals surface area (Å²) in [4.78, 5) is 26.5. The van der Waals surface area contributed by atoms with Crippen molar-refractivity contribution in [2.45, 2.75) is 17.1 Å². The van der Waals surface area contributed by atoms with Crippen molar-refractivity contribution in [3.05, 3.63) is 126 Å². The minimum atomic E-state index is -0.457. The molecule has 0 radical (unpaired) electrons. The van der Waals surface area contributed by atoms with Gasteiger partial charge in [-0.3, -0.25) is 9.59 Å². The number of nitrogens with one attached hydrogen (secondary N) is 2. The van der Waals surface area contributed by atoms with Crippen LogP contribution >= 0.6 is 11.8 Å². The molecule has 2 amide bonds. The summed E-state index contributed by atoms with van der Waals surface area (Å²) in [6.07, 6.45) is 0. The molecule has 0 aliphatic carbocycles. The quantitative estimate of drug-likeness (QED) is 0.290. The highest BCUT2D eigenvalue weighted by atomic mass is 32.2. The van der Waals surface area contributed by atoms with E-state index in [0.717, 1.165) is 21.7 Å². The summed E-state index contributed by atoms with van der Waals surface area (Å²) in [7, 11) is 0. The van der Waals surface area contributed by atoms with Crippen LogP contribution in [0.25, 0.3) is 0 Å². The molecule has 1 unspecified atom stereocenters. The highest BCUT2D eigenvalue weighted by Crippen LogP contribution is 2.36. The standard InChI is InChI=1S/C28H23FN2O2S/c1-19-6-5-9-24(18-19)31-28(33)26(20-7-3-2-4-8-20)34-25-16-14-23(15-17-25)30-27(32)21-10-12-22(29)13-11-21/h2-18,26H,1H3,(H,30,32)(H,31,33). The fourth-order valence-electron chi connectivity index (χ4n) is 3.39. The van der Waals surface area contributed by atoms with Gasteiger partial charge in [0, 0.05) is 21.8 Å². The molecule has 1 atom stereocenters. The van der Waals surface area contributed by atoms with Gasteiger partial charge < -0.3 is 10.6 Å². The first kappa shape index (κ1) is 23.3. The van der Waals surface area contributed by atoms with E-state index in [2.05, 4.69) is 10.6 Å². The molecule has 6 heteroatoms. The molecule has 0 aromatic heterocycles. The Labute approximate surface area is 202 Å². The molecule has 0 fully saturated rings. The van der Waals surface area contributed by atoms with Gasteiger partial charge in [0.25, 0.3) is 5.91 Å². The number of rotatable bonds is 7. The van der Waals surface area contributed by atoms with Crippen LogP contribution in [0.1, 0.15) is 26.7 Å². The molecular weight excluding hydrogens is 447 g/mol. The number of anilines is 2. The van der Waals surface area contributed by atoms with E-state index in [-0.39, 0.29) is 11.8 Å². The Bertz CT molecular complexity index is 1280. The van der Waals surface area contributed by atoms with Crippen LogP contribution in [0.5, 0.6) is 0 Å².